The molecule has 1 amide bonds. The summed E-state index contributed by atoms with van der Waals surface area (Å²) in [5.41, 5.74) is 8.05. The maximum Gasteiger partial charge on any atom is 0.255 e. The number of rotatable bonds is 4. The van der Waals surface area contributed by atoms with Gasteiger partial charge >= 0.3 is 0 Å². The largest absolute Gasteiger partial charge is 0.456 e. The number of carbonyl (C=O) groups excluding carboxylic acids is 1. The van der Waals surface area contributed by atoms with Crippen LogP contribution in [0.15, 0.2) is 82.8 Å². The predicted octanol–water partition coefficient (Wildman–Crippen LogP) is 8.78. The monoisotopic (exact) mass is 549 g/mol. The Morgan fingerprint density at radius 3 is 2.34 bits per heavy atom. The zero-order chi connectivity index (χ0) is 28.8. The summed E-state index contributed by atoms with van der Waals surface area (Å²) in [7, 11) is 1.57. The fourth-order valence-electron chi connectivity index (χ4n) is 5.53. The molecule has 2 heterocycles. The third kappa shape index (κ3) is 4.69. The van der Waals surface area contributed by atoms with E-state index in [4.69, 9.17) is 9.15 Å². The van der Waals surface area contributed by atoms with E-state index in [1.54, 1.807) is 25.2 Å². The fraction of sp³-hybridized carbons (Fsp3) is 0.171. The van der Waals surface area contributed by atoms with Crippen LogP contribution in [0.4, 0.5) is 8.78 Å². The molecule has 0 atom stereocenters. The number of allylic oxidation sites excluding steroid dienone is 1. The van der Waals surface area contributed by atoms with Crippen LogP contribution in [0.25, 0.3) is 39.2 Å². The second kappa shape index (κ2) is 10.4. The van der Waals surface area contributed by atoms with E-state index in [0.29, 0.717) is 52.0 Å². The Kier molecular flexibility index (Phi) is 6.70. The highest BCUT2D eigenvalue weighted by atomic mass is 19.1. The number of aryl methyl sites for hydroxylation is 2. The Balaban J connectivity index is 1.49. The van der Waals surface area contributed by atoms with Gasteiger partial charge in [0.2, 0.25) is 0 Å². The van der Waals surface area contributed by atoms with Gasteiger partial charge in [0.05, 0.1) is 5.56 Å². The Morgan fingerprint density at radius 2 is 1.59 bits per heavy atom. The number of furan rings is 1. The molecule has 5 aromatic rings. The molecule has 4 aromatic carbocycles. The van der Waals surface area contributed by atoms with E-state index < -0.39 is 0 Å². The lowest BCUT2D eigenvalue weighted by Gasteiger charge is -2.17. The first kappa shape index (κ1) is 26.5. The van der Waals surface area contributed by atoms with E-state index in [1.807, 2.05) is 51.1 Å². The first-order valence-electron chi connectivity index (χ1n) is 13.6. The van der Waals surface area contributed by atoms with E-state index in [0.717, 1.165) is 39.1 Å². The first-order valence-corrected chi connectivity index (χ1v) is 13.6. The second-order valence-electron chi connectivity index (χ2n) is 10.5. The Hall–Kier alpha value is -4.71. The van der Waals surface area contributed by atoms with Gasteiger partial charge in [-0.1, -0.05) is 18.2 Å². The van der Waals surface area contributed by atoms with Crippen molar-refractivity contribution in [2.75, 3.05) is 7.05 Å². The number of ether oxygens (including phenoxy) is 1. The number of fused-ring (bicyclic) bond motifs is 2. The molecule has 0 radical (unpaired) electrons. The van der Waals surface area contributed by atoms with Crippen molar-refractivity contribution in [3.05, 3.63) is 118 Å². The summed E-state index contributed by atoms with van der Waals surface area (Å²) in [5, 5.41) is 3.38. The molecule has 1 N–H and O–H groups in total. The highest BCUT2D eigenvalue weighted by Gasteiger charge is 2.24. The number of hydrogen-bond donors (Lipinski definition) is 1. The van der Waals surface area contributed by atoms with Crippen LogP contribution in [-0.4, -0.2) is 13.0 Å². The van der Waals surface area contributed by atoms with Crippen LogP contribution in [0.1, 0.15) is 46.0 Å². The van der Waals surface area contributed by atoms with Gasteiger partial charge < -0.3 is 14.5 Å². The third-order valence-corrected chi connectivity index (χ3v) is 7.81. The number of nitrogens with one attached hydrogen (secondary N) is 1. The highest BCUT2D eigenvalue weighted by Crippen LogP contribution is 2.40. The maximum absolute atomic E-state index is 14.5. The summed E-state index contributed by atoms with van der Waals surface area (Å²) in [5.74, 6) is 0.760. The second-order valence-corrected chi connectivity index (χ2v) is 10.5. The van der Waals surface area contributed by atoms with Crippen molar-refractivity contribution in [2.24, 2.45) is 0 Å². The Morgan fingerprint density at radius 1 is 0.829 bits per heavy atom. The van der Waals surface area contributed by atoms with Crippen LogP contribution in [-0.2, 0) is 6.42 Å². The highest BCUT2D eigenvalue weighted by molar-refractivity contribution is 6.12. The molecule has 0 bridgehead atoms. The van der Waals surface area contributed by atoms with Gasteiger partial charge in [-0.2, -0.15) is 0 Å². The van der Waals surface area contributed by atoms with Crippen LogP contribution >= 0.6 is 0 Å². The first-order chi connectivity index (χ1) is 19.7. The van der Waals surface area contributed by atoms with Gasteiger partial charge in [-0.3, -0.25) is 4.79 Å². The molecule has 0 saturated heterocycles. The quantitative estimate of drug-likeness (QED) is 0.244. The normalized spacial score (nSPS) is 13.1. The van der Waals surface area contributed by atoms with Gasteiger partial charge in [0, 0.05) is 29.1 Å². The summed E-state index contributed by atoms with van der Waals surface area (Å²) >= 11 is 0. The van der Waals surface area contributed by atoms with Gasteiger partial charge in [-0.25, -0.2) is 8.78 Å². The fourth-order valence-corrected chi connectivity index (χ4v) is 5.53. The van der Waals surface area contributed by atoms with E-state index in [2.05, 4.69) is 11.4 Å². The number of carbonyl (C=O) groups is 1. The topological polar surface area (TPSA) is 51.5 Å². The van der Waals surface area contributed by atoms with Crippen molar-refractivity contribution in [2.45, 2.75) is 33.6 Å². The van der Waals surface area contributed by atoms with Crippen molar-refractivity contribution < 1.29 is 22.7 Å². The van der Waals surface area contributed by atoms with Crippen LogP contribution in [0.5, 0.6) is 5.75 Å². The van der Waals surface area contributed by atoms with Gasteiger partial charge in [0.25, 0.3) is 5.91 Å². The van der Waals surface area contributed by atoms with Gasteiger partial charge in [-0.15, -0.1) is 0 Å². The third-order valence-electron chi connectivity index (χ3n) is 7.81. The van der Waals surface area contributed by atoms with Gasteiger partial charge in [0.15, 0.2) is 0 Å². The minimum absolute atomic E-state index is 0.252. The lowest BCUT2D eigenvalue weighted by atomic mass is 9.92. The van der Waals surface area contributed by atoms with Crippen molar-refractivity contribution in [3.63, 3.8) is 0 Å². The van der Waals surface area contributed by atoms with Crippen LogP contribution in [0, 0.1) is 25.5 Å². The summed E-state index contributed by atoms with van der Waals surface area (Å²) in [6.45, 7) is 6.06. The van der Waals surface area contributed by atoms with E-state index >= 15 is 0 Å². The SMILES string of the molecule is CNC(=O)c1c(-c2ccc(F)cc2)oc2cc(C)c(-c3ccc(C)c(C4=C(C)CCc5c(F)cccc5O4)c3)cc12. The van der Waals surface area contributed by atoms with E-state index in [-0.39, 0.29) is 17.5 Å². The van der Waals surface area contributed by atoms with Crippen LogP contribution < -0.4 is 10.1 Å². The number of halogens is 2. The predicted molar refractivity (Wildman–Crippen MR) is 158 cm³/mol. The molecular weight excluding hydrogens is 520 g/mol. The molecule has 4 nitrogen and oxygen atoms in total. The average Bonchev–Trinajstić information content (AvgIpc) is 3.23. The minimum atomic E-state index is -0.365. The van der Waals surface area contributed by atoms with Crippen LogP contribution in [0.3, 0.4) is 0 Å². The van der Waals surface area contributed by atoms with Crippen molar-refractivity contribution in [1.29, 1.82) is 0 Å². The molecule has 1 aliphatic heterocycles. The van der Waals surface area contributed by atoms with Crippen LogP contribution in [0.2, 0.25) is 0 Å². The molecule has 6 heteroatoms. The molecular formula is C35H29F2NO3. The number of amides is 1. The summed E-state index contributed by atoms with van der Waals surface area (Å²) in [6.07, 6.45) is 1.26. The van der Waals surface area contributed by atoms with E-state index in [9.17, 15) is 13.6 Å². The molecule has 0 spiro atoms. The lowest BCUT2D eigenvalue weighted by Crippen LogP contribution is -2.18. The molecule has 6 rings (SSSR count). The number of hydrogen-bond acceptors (Lipinski definition) is 3. The molecule has 1 aromatic heterocycles. The van der Waals surface area contributed by atoms with E-state index in [1.165, 1.54) is 18.2 Å². The molecule has 1 aliphatic rings. The molecule has 0 aliphatic carbocycles. The molecule has 0 unspecified atom stereocenters. The molecule has 41 heavy (non-hydrogen) atoms. The summed E-state index contributed by atoms with van der Waals surface area (Å²) < 4.78 is 40.7. The smallest absolute Gasteiger partial charge is 0.255 e. The van der Waals surface area contributed by atoms with Gasteiger partial charge in [-0.05, 0) is 116 Å². The Bertz CT molecular complexity index is 1870. The van der Waals surface area contributed by atoms with Crippen molar-refractivity contribution >= 4 is 22.6 Å². The van der Waals surface area contributed by atoms with Gasteiger partial charge in [0.1, 0.15) is 34.5 Å². The molecule has 0 fully saturated rings. The zero-order valence-corrected chi connectivity index (χ0v) is 23.3. The average molecular weight is 550 g/mol. The summed E-state index contributed by atoms with van der Waals surface area (Å²) in [6, 6.07) is 20.9. The Labute approximate surface area is 237 Å². The molecule has 0 saturated carbocycles. The summed E-state index contributed by atoms with van der Waals surface area (Å²) in [4.78, 5) is 13.1. The lowest BCUT2D eigenvalue weighted by molar-refractivity contribution is 0.0964. The van der Waals surface area contributed by atoms with Crippen molar-refractivity contribution in [3.8, 4) is 28.2 Å². The number of benzene rings is 4. The molecule has 206 valence electrons. The minimum Gasteiger partial charge on any atom is -0.456 e. The van der Waals surface area contributed by atoms with Crippen molar-refractivity contribution in [1.82, 2.24) is 5.32 Å². The standard InChI is InChI=1S/C35H29F2NO3/c1-19-8-10-23(17-27(19)33-20(2)9-15-25-29(37)6-5-7-30(25)40-33)26-18-28-31(16-21(26)3)41-34(32(28)35(39)38-4)22-11-13-24(36)14-12-22/h5-8,10-14,16-18H,9,15H2,1-4H3,(H,38,39). The maximum atomic E-state index is 14.5. The zero-order valence-electron chi connectivity index (χ0n) is 23.3.